The van der Waals surface area contributed by atoms with Gasteiger partial charge in [0.05, 0.1) is 12.6 Å². The van der Waals surface area contributed by atoms with E-state index in [9.17, 15) is 4.79 Å². The Bertz CT molecular complexity index is 320. The van der Waals surface area contributed by atoms with E-state index in [2.05, 4.69) is 5.32 Å². The molecule has 0 unspecified atom stereocenters. The molecule has 17 heavy (non-hydrogen) atoms. The van der Waals surface area contributed by atoms with Crippen molar-refractivity contribution in [3.63, 3.8) is 0 Å². The molecular formula is C12H19ClN2O2. The number of ether oxygens (including phenoxy) is 1. The first-order valence-corrected chi connectivity index (χ1v) is 5.30. The fourth-order valence-electron chi connectivity index (χ4n) is 1.37. The number of halogens is 1. The molecule has 0 aromatic heterocycles. The molecule has 0 fully saturated rings. The van der Waals surface area contributed by atoms with Crippen LogP contribution in [0.2, 0.25) is 0 Å². The average molecular weight is 259 g/mol. The molecule has 1 atom stereocenters. The second-order valence-corrected chi connectivity index (χ2v) is 3.58. The predicted octanol–water partition coefficient (Wildman–Crippen LogP) is 0.741. The molecule has 1 aromatic rings. The first-order valence-electron chi connectivity index (χ1n) is 5.30. The molecule has 0 bridgehead atoms. The van der Waals surface area contributed by atoms with E-state index in [1.807, 2.05) is 30.3 Å². The fourth-order valence-corrected chi connectivity index (χ4v) is 1.37. The lowest BCUT2D eigenvalue weighted by atomic mass is 10.1. The molecule has 1 amide bonds. The van der Waals surface area contributed by atoms with Crippen molar-refractivity contribution in [3.8, 4) is 0 Å². The normalized spacial score (nSPS) is 11.4. The second-order valence-electron chi connectivity index (χ2n) is 3.58. The maximum absolute atomic E-state index is 11.5. The van der Waals surface area contributed by atoms with Crippen LogP contribution in [0.15, 0.2) is 30.3 Å². The Labute approximate surface area is 108 Å². The summed E-state index contributed by atoms with van der Waals surface area (Å²) in [6, 6.07) is 9.23. The molecule has 0 saturated carbocycles. The lowest BCUT2D eigenvalue weighted by molar-refractivity contribution is -0.122. The second kappa shape index (κ2) is 8.98. The molecule has 0 aliphatic rings. The number of nitrogens with one attached hydrogen (secondary N) is 1. The quantitative estimate of drug-likeness (QED) is 0.740. The zero-order valence-electron chi connectivity index (χ0n) is 9.89. The number of carbonyl (C=O) groups excluding carboxylic acids is 1. The van der Waals surface area contributed by atoms with E-state index in [-0.39, 0.29) is 18.3 Å². The maximum Gasteiger partial charge on any atom is 0.237 e. The van der Waals surface area contributed by atoms with Crippen LogP contribution in [0.4, 0.5) is 0 Å². The highest BCUT2D eigenvalue weighted by molar-refractivity contribution is 5.85. The van der Waals surface area contributed by atoms with Crippen molar-refractivity contribution in [1.82, 2.24) is 5.32 Å². The van der Waals surface area contributed by atoms with Gasteiger partial charge >= 0.3 is 0 Å². The first kappa shape index (κ1) is 15.9. The lowest BCUT2D eigenvalue weighted by Crippen LogP contribution is -2.43. The Morgan fingerprint density at radius 1 is 1.41 bits per heavy atom. The van der Waals surface area contributed by atoms with Crippen LogP contribution in [0.3, 0.4) is 0 Å². The van der Waals surface area contributed by atoms with Crippen LogP contribution >= 0.6 is 12.4 Å². The minimum Gasteiger partial charge on any atom is -0.383 e. The van der Waals surface area contributed by atoms with Gasteiger partial charge in [-0.25, -0.2) is 0 Å². The molecule has 3 N–H and O–H groups in total. The van der Waals surface area contributed by atoms with Gasteiger partial charge in [0.15, 0.2) is 0 Å². The first-order chi connectivity index (χ1) is 7.74. The topological polar surface area (TPSA) is 64.3 Å². The lowest BCUT2D eigenvalue weighted by Gasteiger charge is -2.11. The number of methoxy groups -OCH3 is 1. The van der Waals surface area contributed by atoms with Crippen molar-refractivity contribution in [2.75, 3.05) is 20.3 Å². The minimum atomic E-state index is -0.501. The van der Waals surface area contributed by atoms with Crippen LogP contribution in [0.5, 0.6) is 0 Å². The van der Waals surface area contributed by atoms with Crippen molar-refractivity contribution in [2.45, 2.75) is 12.5 Å². The molecule has 0 aliphatic heterocycles. The zero-order chi connectivity index (χ0) is 11.8. The number of benzene rings is 1. The van der Waals surface area contributed by atoms with E-state index in [1.165, 1.54) is 0 Å². The Morgan fingerprint density at radius 2 is 2.06 bits per heavy atom. The van der Waals surface area contributed by atoms with Crippen molar-refractivity contribution in [2.24, 2.45) is 5.73 Å². The van der Waals surface area contributed by atoms with Crippen LogP contribution in [0.25, 0.3) is 0 Å². The summed E-state index contributed by atoms with van der Waals surface area (Å²) in [4.78, 5) is 11.5. The van der Waals surface area contributed by atoms with Crippen molar-refractivity contribution in [3.05, 3.63) is 35.9 Å². The van der Waals surface area contributed by atoms with E-state index >= 15 is 0 Å². The number of amides is 1. The summed E-state index contributed by atoms with van der Waals surface area (Å²) in [5, 5.41) is 2.71. The van der Waals surface area contributed by atoms with Gasteiger partial charge in [-0.2, -0.15) is 0 Å². The summed E-state index contributed by atoms with van der Waals surface area (Å²) in [5.74, 6) is -0.138. The van der Waals surface area contributed by atoms with E-state index in [4.69, 9.17) is 10.5 Å². The summed E-state index contributed by atoms with van der Waals surface area (Å²) in [6.45, 7) is 1.00. The van der Waals surface area contributed by atoms with E-state index < -0.39 is 6.04 Å². The van der Waals surface area contributed by atoms with Crippen molar-refractivity contribution in [1.29, 1.82) is 0 Å². The predicted molar refractivity (Wildman–Crippen MR) is 70.3 cm³/mol. The molecule has 0 spiro atoms. The molecule has 0 radical (unpaired) electrons. The fraction of sp³-hybridized carbons (Fsp3) is 0.417. The van der Waals surface area contributed by atoms with Crippen LogP contribution in [-0.4, -0.2) is 32.2 Å². The van der Waals surface area contributed by atoms with Crippen molar-refractivity contribution < 1.29 is 9.53 Å². The number of carbonyl (C=O) groups is 1. The van der Waals surface area contributed by atoms with Crippen LogP contribution in [0.1, 0.15) is 5.56 Å². The summed E-state index contributed by atoms with van der Waals surface area (Å²) in [5.41, 5.74) is 6.85. The van der Waals surface area contributed by atoms with Gasteiger partial charge < -0.3 is 15.8 Å². The SMILES string of the molecule is COCCNC(=O)[C@@H](N)Cc1ccccc1.Cl. The van der Waals surface area contributed by atoms with Gasteiger partial charge in [0.25, 0.3) is 0 Å². The van der Waals surface area contributed by atoms with Crippen LogP contribution in [0, 0.1) is 0 Å². The molecule has 0 heterocycles. The van der Waals surface area contributed by atoms with E-state index in [0.717, 1.165) is 5.56 Å². The van der Waals surface area contributed by atoms with E-state index in [1.54, 1.807) is 7.11 Å². The molecule has 0 aliphatic carbocycles. The molecular weight excluding hydrogens is 240 g/mol. The number of hydrogen-bond donors (Lipinski definition) is 2. The molecule has 0 saturated heterocycles. The van der Waals surface area contributed by atoms with Crippen LogP contribution < -0.4 is 11.1 Å². The highest BCUT2D eigenvalue weighted by Gasteiger charge is 2.12. The molecule has 5 heteroatoms. The third-order valence-electron chi connectivity index (χ3n) is 2.24. The third kappa shape index (κ3) is 6.26. The molecule has 1 rings (SSSR count). The highest BCUT2D eigenvalue weighted by atomic mass is 35.5. The Kier molecular flexibility index (Phi) is 8.40. The van der Waals surface area contributed by atoms with Gasteiger partial charge in [0.1, 0.15) is 0 Å². The van der Waals surface area contributed by atoms with Crippen LogP contribution in [-0.2, 0) is 16.0 Å². The van der Waals surface area contributed by atoms with Gasteiger partial charge in [0, 0.05) is 13.7 Å². The maximum atomic E-state index is 11.5. The summed E-state index contributed by atoms with van der Waals surface area (Å²) in [6.07, 6.45) is 0.555. The monoisotopic (exact) mass is 258 g/mol. The average Bonchev–Trinajstić information content (AvgIpc) is 2.30. The van der Waals surface area contributed by atoms with E-state index in [0.29, 0.717) is 19.6 Å². The van der Waals surface area contributed by atoms with Gasteiger partial charge in [-0.05, 0) is 12.0 Å². The number of nitrogens with two attached hydrogens (primary N) is 1. The van der Waals surface area contributed by atoms with Gasteiger partial charge in [-0.15, -0.1) is 12.4 Å². The smallest absolute Gasteiger partial charge is 0.237 e. The Balaban J connectivity index is 0.00000256. The Hall–Kier alpha value is -1.10. The number of hydrogen-bond acceptors (Lipinski definition) is 3. The number of rotatable bonds is 6. The summed E-state index contributed by atoms with van der Waals surface area (Å²) in [7, 11) is 1.59. The van der Waals surface area contributed by atoms with Gasteiger partial charge in [0.2, 0.25) is 5.91 Å². The standard InChI is InChI=1S/C12H18N2O2.ClH/c1-16-8-7-14-12(15)11(13)9-10-5-3-2-4-6-10;/h2-6,11H,7-9,13H2,1H3,(H,14,15);1H/t11-;/m0./s1. The third-order valence-corrected chi connectivity index (χ3v) is 2.24. The summed E-state index contributed by atoms with van der Waals surface area (Å²) >= 11 is 0. The minimum absolute atomic E-state index is 0. The van der Waals surface area contributed by atoms with Crippen molar-refractivity contribution >= 4 is 18.3 Å². The molecule has 96 valence electrons. The highest BCUT2D eigenvalue weighted by Crippen LogP contribution is 2.01. The Morgan fingerprint density at radius 3 is 2.65 bits per heavy atom. The van der Waals surface area contributed by atoms with Gasteiger partial charge in [-0.3, -0.25) is 4.79 Å². The largest absolute Gasteiger partial charge is 0.383 e. The molecule has 1 aromatic carbocycles. The molecule has 4 nitrogen and oxygen atoms in total. The zero-order valence-corrected chi connectivity index (χ0v) is 10.7. The van der Waals surface area contributed by atoms with Gasteiger partial charge in [-0.1, -0.05) is 30.3 Å². The summed E-state index contributed by atoms with van der Waals surface area (Å²) < 4.78 is 4.83.